The minimum Gasteiger partial charge on any atom is -0.444 e. The highest BCUT2D eigenvalue weighted by Crippen LogP contribution is 2.22. The SMILES string of the molecule is CC(C)(C)OC(=O)NN(Cc1ccc(-c2ccccn2)cc1)C[C@H](O)[C@H](Cc1ccccc1)NC(=O)[C@@H](NC(=O)CO)C(C)(C)C.CC(C)(C)OC(=O)N[C@@H](Cc1ccccc1)[C@@H](O)CCl. The van der Waals surface area contributed by atoms with E-state index in [4.69, 9.17) is 21.1 Å². The molecule has 0 bridgehead atoms. The number of nitrogens with zero attached hydrogens (tertiary/aromatic N) is 2. The van der Waals surface area contributed by atoms with E-state index in [1.165, 1.54) is 0 Å². The number of nitrogens with one attached hydrogen (secondary N) is 4. The average molecular weight is 934 g/mol. The number of ether oxygens (including phenoxy) is 2. The van der Waals surface area contributed by atoms with Gasteiger partial charge < -0.3 is 40.7 Å². The number of carbonyl (C=O) groups excluding carboxylic acids is 4. The minimum absolute atomic E-state index is 0.0489. The molecule has 0 aliphatic heterocycles. The zero-order valence-corrected chi connectivity index (χ0v) is 40.3. The lowest BCUT2D eigenvalue weighted by Crippen LogP contribution is -2.59. The number of alkyl halides is 1. The molecule has 1 heterocycles. The van der Waals surface area contributed by atoms with Gasteiger partial charge in [-0.3, -0.25) is 20.0 Å². The fourth-order valence-electron chi connectivity index (χ4n) is 6.48. The predicted octanol–water partition coefficient (Wildman–Crippen LogP) is 6.32. The third kappa shape index (κ3) is 20.7. The molecule has 360 valence electrons. The summed E-state index contributed by atoms with van der Waals surface area (Å²) >= 11 is 5.69. The van der Waals surface area contributed by atoms with Crippen LogP contribution in [0.2, 0.25) is 0 Å². The van der Waals surface area contributed by atoms with E-state index in [1.807, 2.05) is 103 Å². The summed E-state index contributed by atoms with van der Waals surface area (Å²) in [7, 11) is 0. The van der Waals surface area contributed by atoms with Crippen LogP contribution in [-0.4, -0.2) is 110 Å². The molecular weight excluding hydrogens is 864 g/mol. The topological polar surface area (TPSA) is 212 Å². The predicted molar refractivity (Wildman–Crippen MR) is 256 cm³/mol. The van der Waals surface area contributed by atoms with Gasteiger partial charge >= 0.3 is 12.2 Å². The van der Waals surface area contributed by atoms with E-state index in [2.05, 4.69) is 26.4 Å². The standard InChI is InChI=1S/C35H47N5O6.C15H22ClNO3/c1-34(2,3)31(38-30(43)23-41)32(44)37-28(20-24-12-8-7-9-13-24)29(42)22-40(39-33(45)46-35(4,5)6)21-25-15-17-26(18-16-25)27-14-10-11-19-36-27;1-15(2,3)20-14(19)17-12(13(18)10-16)9-11-7-5-4-6-8-11/h7-19,28-29,31,41-42H,20-23H2,1-6H3,(H,37,44)(H,38,43)(H,39,45);4-8,12-13,18H,9-10H2,1-3H3,(H,17,19)/t28-,29-,31+;12-,13-/m00/s1. The van der Waals surface area contributed by atoms with Crippen molar-refractivity contribution >= 4 is 35.6 Å². The third-order valence-corrected chi connectivity index (χ3v) is 9.95. The number of hydrogen-bond acceptors (Lipinski definition) is 11. The number of aliphatic hydroxyl groups is 3. The largest absolute Gasteiger partial charge is 0.444 e. The quantitative estimate of drug-likeness (QED) is 0.0433. The number of amides is 4. The fraction of sp³-hybridized carbons (Fsp3) is 0.460. The van der Waals surface area contributed by atoms with Gasteiger partial charge in [0, 0.05) is 24.8 Å². The van der Waals surface area contributed by atoms with Gasteiger partial charge in [0.25, 0.3) is 0 Å². The van der Waals surface area contributed by atoms with Crippen LogP contribution in [0.5, 0.6) is 0 Å². The Labute approximate surface area is 394 Å². The molecule has 15 nitrogen and oxygen atoms in total. The molecular formula is C50H69ClN6O9. The van der Waals surface area contributed by atoms with Crippen LogP contribution in [0.15, 0.2) is 109 Å². The molecule has 0 radical (unpaired) electrons. The van der Waals surface area contributed by atoms with E-state index in [0.717, 1.165) is 27.9 Å². The molecule has 16 heteroatoms. The summed E-state index contributed by atoms with van der Waals surface area (Å²) in [5.74, 6) is -1.14. The van der Waals surface area contributed by atoms with Gasteiger partial charge in [0.15, 0.2) is 0 Å². The van der Waals surface area contributed by atoms with E-state index in [1.54, 1.807) is 73.5 Å². The highest BCUT2D eigenvalue weighted by atomic mass is 35.5. The lowest BCUT2D eigenvalue weighted by atomic mass is 9.85. The summed E-state index contributed by atoms with van der Waals surface area (Å²) in [6.07, 6.45) is -0.738. The van der Waals surface area contributed by atoms with Crippen LogP contribution in [0.3, 0.4) is 0 Å². The molecule has 7 N–H and O–H groups in total. The molecule has 66 heavy (non-hydrogen) atoms. The zero-order valence-electron chi connectivity index (χ0n) is 39.6. The molecule has 0 aliphatic rings. The van der Waals surface area contributed by atoms with Gasteiger partial charge in [0.1, 0.15) is 23.9 Å². The summed E-state index contributed by atoms with van der Waals surface area (Å²) in [6.45, 7) is 15.4. The third-order valence-electron chi connectivity index (χ3n) is 9.63. The first kappa shape index (κ1) is 54.8. The molecule has 1 aromatic heterocycles. The Kier molecular flexibility index (Phi) is 21.5. The van der Waals surface area contributed by atoms with Crippen molar-refractivity contribution in [3.63, 3.8) is 0 Å². The molecule has 0 saturated carbocycles. The summed E-state index contributed by atoms with van der Waals surface area (Å²) < 4.78 is 10.7. The smallest absolute Gasteiger partial charge is 0.422 e. The number of benzene rings is 3. The van der Waals surface area contributed by atoms with Crippen molar-refractivity contribution in [3.05, 3.63) is 126 Å². The van der Waals surface area contributed by atoms with E-state index in [9.17, 15) is 34.5 Å². The van der Waals surface area contributed by atoms with Crippen molar-refractivity contribution in [1.29, 1.82) is 0 Å². The Morgan fingerprint density at radius 1 is 0.652 bits per heavy atom. The highest BCUT2D eigenvalue weighted by Gasteiger charge is 2.35. The van der Waals surface area contributed by atoms with E-state index in [-0.39, 0.29) is 25.4 Å². The Balaban J connectivity index is 0.000000482. The molecule has 4 aromatic rings. The van der Waals surface area contributed by atoms with Crippen LogP contribution in [0.1, 0.15) is 79.0 Å². The number of hydrazine groups is 1. The van der Waals surface area contributed by atoms with Crippen molar-refractivity contribution in [2.75, 3.05) is 19.0 Å². The summed E-state index contributed by atoms with van der Waals surface area (Å²) in [4.78, 5) is 54.7. The molecule has 4 amide bonds. The van der Waals surface area contributed by atoms with Crippen LogP contribution < -0.4 is 21.4 Å². The summed E-state index contributed by atoms with van der Waals surface area (Å²) in [5.41, 5.74) is 5.24. The van der Waals surface area contributed by atoms with Gasteiger partial charge in [-0.05, 0) is 88.6 Å². The number of carbonyl (C=O) groups is 4. The Morgan fingerprint density at radius 2 is 1.17 bits per heavy atom. The number of hydrogen-bond donors (Lipinski definition) is 7. The van der Waals surface area contributed by atoms with Gasteiger partial charge in [0.2, 0.25) is 11.8 Å². The van der Waals surface area contributed by atoms with E-state index in [0.29, 0.717) is 6.42 Å². The summed E-state index contributed by atoms with van der Waals surface area (Å²) in [5, 5.41) is 40.6. The van der Waals surface area contributed by atoms with Crippen LogP contribution in [0, 0.1) is 5.41 Å². The summed E-state index contributed by atoms with van der Waals surface area (Å²) in [6, 6.07) is 30.1. The molecule has 0 spiro atoms. The van der Waals surface area contributed by atoms with Crippen LogP contribution in [0.25, 0.3) is 11.3 Å². The number of halogens is 1. The number of aliphatic hydroxyl groups excluding tert-OH is 3. The maximum absolute atomic E-state index is 13.6. The zero-order chi connectivity index (χ0) is 49.1. The maximum Gasteiger partial charge on any atom is 0.422 e. The lowest BCUT2D eigenvalue weighted by molar-refractivity contribution is -0.133. The Bertz CT molecular complexity index is 2080. The van der Waals surface area contributed by atoms with E-state index < -0.39 is 77.6 Å². The van der Waals surface area contributed by atoms with Crippen molar-refractivity contribution in [1.82, 2.24) is 31.4 Å². The second-order valence-electron chi connectivity index (χ2n) is 19.0. The first-order valence-corrected chi connectivity index (χ1v) is 22.4. The van der Waals surface area contributed by atoms with Crippen LogP contribution in [-0.2, 0) is 38.4 Å². The van der Waals surface area contributed by atoms with E-state index >= 15 is 0 Å². The Morgan fingerprint density at radius 3 is 1.64 bits per heavy atom. The molecule has 0 fully saturated rings. The van der Waals surface area contributed by atoms with Gasteiger partial charge in [-0.15, -0.1) is 11.6 Å². The second kappa shape index (κ2) is 25.9. The first-order valence-electron chi connectivity index (χ1n) is 21.9. The first-order chi connectivity index (χ1) is 31.0. The molecule has 0 unspecified atom stereocenters. The number of rotatable bonds is 18. The number of pyridine rings is 1. The fourth-order valence-corrected chi connectivity index (χ4v) is 6.70. The maximum atomic E-state index is 13.6. The lowest BCUT2D eigenvalue weighted by Gasteiger charge is -2.34. The van der Waals surface area contributed by atoms with Gasteiger partial charge in [-0.25, -0.2) is 14.6 Å². The highest BCUT2D eigenvalue weighted by molar-refractivity contribution is 6.18. The molecule has 4 rings (SSSR count). The molecule has 0 aliphatic carbocycles. The van der Waals surface area contributed by atoms with Gasteiger partial charge in [-0.2, -0.15) is 0 Å². The van der Waals surface area contributed by atoms with Gasteiger partial charge in [0.05, 0.1) is 35.9 Å². The molecule has 5 atom stereocenters. The number of alkyl carbamates (subject to hydrolysis) is 1. The van der Waals surface area contributed by atoms with Crippen molar-refractivity contribution in [3.8, 4) is 11.3 Å². The monoisotopic (exact) mass is 932 g/mol. The molecule has 3 aromatic carbocycles. The van der Waals surface area contributed by atoms with Crippen molar-refractivity contribution in [2.45, 2.75) is 123 Å². The number of aromatic nitrogens is 1. The Hall–Kier alpha value is -5.58. The van der Waals surface area contributed by atoms with Crippen molar-refractivity contribution < 1.29 is 44.0 Å². The van der Waals surface area contributed by atoms with Crippen LogP contribution in [0.4, 0.5) is 9.59 Å². The van der Waals surface area contributed by atoms with Crippen molar-refractivity contribution in [2.24, 2.45) is 5.41 Å². The minimum atomic E-state index is -1.17. The van der Waals surface area contributed by atoms with Gasteiger partial charge in [-0.1, -0.05) is 112 Å². The van der Waals surface area contributed by atoms with Crippen LogP contribution >= 0.6 is 11.6 Å². The second-order valence-corrected chi connectivity index (χ2v) is 19.3. The molecule has 0 saturated heterocycles. The average Bonchev–Trinajstić information content (AvgIpc) is 3.24. The normalized spacial score (nSPS) is 14.0.